The molecule has 3 rings (SSSR count). The van der Waals surface area contributed by atoms with Gasteiger partial charge in [0.15, 0.2) is 16.6 Å². The van der Waals surface area contributed by atoms with Gasteiger partial charge in [0.1, 0.15) is 17.2 Å². The van der Waals surface area contributed by atoms with Crippen molar-refractivity contribution >= 4 is 23.0 Å². The fourth-order valence-corrected chi connectivity index (χ4v) is 4.02. The van der Waals surface area contributed by atoms with E-state index in [1.807, 2.05) is 30.3 Å². The summed E-state index contributed by atoms with van der Waals surface area (Å²) >= 11 is 5.83. The van der Waals surface area contributed by atoms with Gasteiger partial charge in [-0.15, -0.1) is 0 Å². The molecule has 1 unspecified atom stereocenters. The third kappa shape index (κ3) is 6.11. The molecule has 0 amide bonds. The summed E-state index contributed by atoms with van der Waals surface area (Å²) in [5.74, 6) is 3.26. The van der Waals surface area contributed by atoms with Crippen molar-refractivity contribution in [1.29, 1.82) is 0 Å². The third-order valence-corrected chi connectivity index (χ3v) is 5.89. The summed E-state index contributed by atoms with van der Waals surface area (Å²) in [5, 5.41) is 3.87. The van der Waals surface area contributed by atoms with Crippen LogP contribution in [0.3, 0.4) is 0 Å². The minimum atomic E-state index is 0.105. The van der Waals surface area contributed by atoms with Crippen LogP contribution in [0, 0.1) is 0 Å². The second-order valence-corrected chi connectivity index (χ2v) is 7.92. The molecule has 0 aromatic heterocycles. The second-order valence-electron chi connectivity index (χ2n) is 7.53. The van der Waals surface area contributed by atoms with Crippen molar-refractivity contribution in [3.05, 3.63) is 35.9 Å². The highest BCUT2D eigenvalue weighted by Gasteiger charge is 2.24. The molecule has 0 radical (unpaired) electrons. The molecule has 8 nitrogen and oxygen atoms in total. The fraction of sp³-hybridized carbons (Fsp3) is 0.458. The molecule has 0 aliphatic carbocycles. The Kier molecular flexibility index (Phi) is 8.85. The number of anilines is 1. The van der Waals surface area contributed by atoms with E-state index in [-0.39, 0.29) is 6.10 Å². The predicted octanol–water partition coefficient (Wildman–Crippen LogP) is 4.11. The van der Waals surface area contributed by atoms with Gasteiger partial charge in [0.2, 0.25) is 0 Å². The van der Waals surface area contributed by atoms with Crippen LogP contribution in [0.2, 0.25) is 0 Å². The lowest BCUT2D eigenvalue weighted by Gasteiger charge is -2.29. The molecule has 1 aliphatic heterocycles. The van der Waals surface area contributed by atoms with Crippen LogP contribution >= 0.6 is 12.2 Å². The van der Waals surface area contributed by atoms with Crippen molar-refractivity contribution in [2.45, 2.75) is 25.5 Å². The van der Waals surface area contributed by atoms with Crippen molar-refractivity contribution in [3.63, 3.8) is 0 Å². The molecular weight excluding hydrogens is 444 g/mol. The largest absolute Gasteiger partial charge is 0.497 e. The summed E-state index contributed by atoms with van der Waals surface area (Å²) < 4.78 is 33.2. The number of hydrogen-bond acceptors (Lipinski definition) is 7. The summed E-state index contributed by atoms with van der Waals surface area (Å²) in [4.78, 5) is 2.07. The van der Waals surface area contributed by atoms with Crippen LogP contribution in [-0.2, 0) is 11.3 Å². The molecule has 9 heteroatoms. The number of thiocarbonyl (C=S) groups is 1. The van der Waals surface area contributed by atoms with Crippen molar-refractivity contribution < 1.29 is 28.4 Å². The van der Waals surface area contributed by atoms with Crippen LogP contribution in [0.25, 0.3) is 0 Å². The average molecular weight is 477 g/mol. The van der Waals surface area contributed by atoms with Crippen molar-refractivity contribution in [2.75, 3.05) is 54.0 Å². The van der Waals surface area contributed by atoms with Gasteiger partial charge in [-0.25, -0.2) is 0 Å². The zero-order valence-electron chi connectivity index (χ0n) is 19.8. The van der Waals surface area contributed by atoms with Crippen molar-refractivity contribution in [3.8, 4) is 28.7 Å². The highest BCUT2D eigenvalue weighted by molar-refractivity contribution is 7.80. The first-order chi connectivity index (χ1) is 16.0. The number of hydrogen-bond donors (Lipinski definition) is 1. The second kappa shape index (κ2) is 11.8. The molecule has 0 saturated carbocycles. The smallest absolute Gasteiger partial charge is 0.173 e. The van der Waals surface area contributed by atoms with Gasteiger partial charge in [-0.05, 0) is 43.3 Å². The molecule has 1 N–H and O–H groups in total. The molecule has 1 atom stereocenters. The van der Waals surface area contributed by atoms with Gasteiger partial charge >= 0.3 is 0 Å². The minimum absolute atomic E-state index is 0.105. The number of rotatable bonds is 10. The molecular formula is C24H32N2O6S. The Bertz CT molecular complexity index is 949. The molecule has 1 aliphatic rings. The molecule has 1 saturated heterocycles. The first kappa shape index (κ1) is 24.7. The van der Waals surface area contributed by atoms with Crippen LogP contribution in [0.15, 0.2) is 30.3 Å². The van der Waals surface area contributed by atoms with Crippen LogP contribution in [0.5, 0.6) is 28.7 Å². The van der Waals surface area contributed by atoms with E-state index in [4.69, 9.17) is 40.6 Å². The highest BCUT2D eigenvalue weighted by Crippen LogP contribution is 2.36. The molecule has 1 heterocycles. The van der Waals surface area contributed by atoms with Gasteiger partial charge in [-0.2, -0.15) is 0 Å². The maximum Gasteiger partial charge on any atom is 0.173 e. The van der Waals surface area contributed by atoms with E-state index in [0.29, 0.717) is 46.9 Å². The molecule has 2 aromatic rings. The summed E-state index contributed by atoms with van der Waals surface area (Å²) in [5.41, 5.74) is 1.67. The Labute approximate surface area is 200 Å². The van der Waals surface area contributed by atoms with Gasteiger partial charge in [0, 0.05) is 37.4 Å². The lowest BCUT2D eigenvalue weighted by molar-refractivity contribution is 0.0903. The quantitative estimate of drug-likeness (QED) is 0.510. The third-order valence-electron chi connectivity index (χ3n) is 5.53. The van der Waals surface area contributed by atoms with E-state index in [9.17, 15) is 0 Å². The molecule has 180 valence electrons. The van der Waals surface area contributed by atoms with Crippen LogP contribution in [-0.4, -0.2) is 64.8 Å². The molecule has 33 heavy (non-hydrogen) atoms. The molecule has 0 bridgehead atoms. The van der Waals surface area contributed by atoms with Gasteiger partial charge < -0.3 is 38.6 Å². The van der Waals surface area contributed by atoms with Gasteiger partial charge in [-0.3, -0.25) is 0 Å². The molecule has 0 spiro atoms. The summed E-state index contributed by atoms with van der Waals surface area (Å²) in [6, 6.07) is 9.28. The molecule has 1 fully saturated rings. The standard InChI is InChI=1S/C24H32N2O6S/c1-27-17-8-9-19(21(12-17)29-3)25-24(33)26(15-18-7-6-10-32-18)14-16-11-22(30-4)23(31-5)13-20(16)28-2/h8-9,11-13,18H,6-7,10,14-15H2,1-5H3,(H,25,33). The van der Waals surface area contributed by atoms with Gasteiger partial charge in [0.25, 0.3) is 0 Å². The lowest BCUT2D eigenvalue weighted by atomic mass is 10.1. The van der Waals surface area contributed by atoms with Crippen LogP contribution in [0.1, 0.15) is 18.4 Å². The van der Waals surface area contributed by atoms with E-state index in [0.717, 1.165) is 30.7 Å². The average Bonchev–Trinajstić information content (AvgIpc) is 3.36. The monoisotopic (exact) mass is 476 g/mol. The Morgan fingerprint density at radius 1 is 0.939 bits per heavy atom. The Balaban J connectivity index is 1.88. The number of ether oxygens (including phenoxy) is 6. The van der Waals surface area contributed by atoms with E-state index in [1.54, 1.807) is 35.5 Å². The summed E-state index contributed by atoms with van der Waals surface area (Å²) in [6.07, 6.45) is 2.15. The van der Waals surface area contributed by atoms with Crippen LogP contribution < -0.4 is 29.0 Å². The fourth-order valence-electron chi connectivity index (χ4n) is 3.77. The first-order valence-electron chi connectivity index (χ1n) is 10.7. The van der Waals surface area contributed by atoms with E-state index in [2.05, 4.69) is 10.2 Å². The number of nitrogens with one attached hydrogen (secondary N) is 1. The Hall–Kier alpha value is -2.91. The first-order valence-corrected chi connectivity index (χ1v) is 11.1. The van der Waals surface area contributed by atoms with Crippen molar-refractivity contribution in [1.82, 2.24) is 4.90 Å². The van der Waals surface area contributed by atoms with E-state index in [1.165, 1.54) is 0 Å². The maximum absolute atomic E-state index is 5.89. The molecule has 2 aromatic carbocycles. The maximum atomic E-state index is 5.89. The van der Waals surface area contributed by atoms with Gasteiger partial charge in [0.05, 0.1) is 47.3 Å². The van der Waals surface area contributed by atoms with Gasteiger partial charge in [-0.1, -0.05) is 0 Å². The Morgan fingerprint density at radius 3 is 2.24 bits per heavy atom. The van der Waals surface area contributed by atoms with Crippen LogP contribution in [0.4, 0.5) is 5.69 Å². The number of benzene rings is 2. The minimum Gasteiger partial charge on any atom is -0.497 e. The number of nitrogens with zero attached hydrogens (tertiary/aromatic N) is 1. The van der Waals surface area contributed by atoms with E-state index >= 15 is 0 Å². The topological polar surface area (TPSA) is 70.7 Å². The number of methoxy groups -OCH3 is 5. The zero-order valence-corrected chi connectivity index (χ0v) is 20.6. The summed E-state index contributed by atoms with van der Waals surface area (Å²) in [7, 11) is 8.07. The Morgan fingerprint density at radius 2 is 1.64 bits per heavy atom. The van der Waals surface area contributed by atoms with E-state index < -0.39 is 0 Å². The van der Waals surface area contributed by atoms with Crippen molar-refractivity contribution in [2.24, 2.45) is 0 Å². The zero-order chi connectivity index (χ0) is 23.8. The highest BCUT2D eigenvalue weighted by atomic mass is 32.1. The predicted molar refractivity (Wildman–Crippen MR) is 131 cm³/mol. The SMILES string of the molecule is COc1ccc(NC(=S)N(Cc2cc(OC)c(OC)cc2OC)CC2CCCO2)c(OC)c1. The normalized spacial score (nSPS) is 15.0. The lowest BCUT2D eigenvalue weighted by Crippen LogP contribution is -2.39. The summed E-state index contributed by atoms with van der Waals surface area (Å²) in [6.45, 7) is 1.90.